The van der Waals surface area contributed by atoms with Gasteiger partial charge in [-0.2, -0.15) is 4.37 Å². The molecule has 0 spiro atoms. The van der Waals surface area contributed by atoms with Crippen LogP contribution in [0.5, 0.6) is 0 Å². The van der Waals surface area contributed by atoms with Gasteiger partial charge in [0.2, 0.25) is 5.13 Å². The molecule has 1 aliphatic rings. The molecule has 1 aliphatic carbocycles. The van der Waals surface area contributed by atoms with Gasteiger partial charge in [-0.3, -0.25) is 0 Å². The molecule has 0 unspecified atom stereocenters. The Bertz CT molecular complexity index is 347. The van der Waals surface area contributed by atoms with Crippen molar-refractivity contribution in [2.75, 3.05) is 18.5 Å². The summed E-state index contributed by atoms with van der Waals surface area (Å²) in [6.45, 7) is 5.88. The van der Waals surface area contributed by atoms with Crippen LogP contribution in [0.25, 0.3) is 0 Å². The van der Waals surface area contributed by atoms with Gasteiger partial charge in [0.1, 0.15) is 5.60 Å². The fourth-order valence-electron chi connectivity index (χ4n) is 2.37. The highest BCUT2D eigenvalue weighted by molar-refractivity contribution is 7.09. The lowest BCUT2D eigenvalue weighted by Crippen LogP contribution is -2.27. The van der Waals surface area contributed by atoms with Crippen LogP contribution in [0.2, 0.25) is 0 Å². The van der Waals surface area contributed by atoms with E-state index in [2.05, 4.69) is 21.6 Å². The zero-order valence-electron chi connectivity index (χ0n) is 10.7. The minimum atomic E-state index is -0.197. The van der Waals surface area contributed by atoms with Crippen molar-refractivity contribution in [1.29, 1.82) is 0 Å². The molecule has 0 aliphatic heterocycles. The number of anilines is 1. The zero-order chi connectivity index (χ0) is 12.1. The number of aromatic nitrogens is 2. The highest BCUT2D eigenvalue weighted by atomic mass is 32.1. The third kappa shape index (κ3) is 2.77. The lowest BCUT2D eigenvalue weighted by molar-refractivity contribution is -0.0447. The van der Waals surface area contributed by atoms with Crippen LogP contribution in [0.3, 0.4) is 0 Å². The SMILES string of the molecule is CCCNc1nc(C2(OCC)CCCC2)ns1. The first-order valence-corrected chi connectivity index (χ1v) is 7.30. The molecular weight excluding hydrogens is 234 g/mol. The Morgan fingerprint density at radius 1 is 1.35 bits per heavy atom. The second kappa shape index (κ2) is 5.78. The molecule has 0 amide bonds. The standard InChI is InChI=1S/C12H21N3OS/c1-3-9-13-11-14-10(15-17-11)12(16-4-2)7-5-6-8-12/h3-9H2,1-2H3,(H,13,14,15). The topological polar surface area (TPSA) is 47.0 Å². The molecule has 1 N–H and O–H groups in total. The average molecular weight is 255 g/mol. The summed E-state index contributed by atoms with van der Waals surface area (Å²) in [5, 5.41) is 4.21. The molecule has 0 saturated heterocycles. The maximum Gasteiger partial charge on any atom is 0.202 e. The van der Waals surface area contributed by atoms with Gasteiger partial charge < -0.3 is 10.1 Å². The zero-order valence-corrected chi connectivity index (χ0v) is 11.5. The summed E-state index contributed by atoms with van der Waals surface area (Å²) in [4.78, 5) is 4.59. The largest absolute Gasteiger partial charge is 0.367 e. The fraction of sp³-hybridized carbons (Fsp3) is 0.833. The van der Waals surface area contributed by atoms with Crippen molar-refractivity contribution >= 4 is 16.7 Å². The number of hydrogen-bond donors (Lipinski definition) is 1. The first-order chi connectivity index (χ1) is 8.30. The Morgan fingerprint density at radius 2 is 2.12 bits per heavy atom. The minimum absolute atomic E-state index is 0.197. The van der Waals surface area contributed by atoms with Gasteiger partial charge in [-0.1, -0.05) is 6.92 Å². The average Bonchev–Trinajstić information content (AvgIpc) is 2.96. The monoisotopic (exact) mass is 255 g/mol. The second-order valence-corrected chi connectivity index (χ2v) is 5.24. The Balaban J connectivity index is 2.10. The van der Waals surface area contributed by atoms with Gasteiger partial charge in [0.15, 0.2) is 5.82 Å². The minimum Gasteiger partial charge on any atom is -0.367 e. The van der Waals surface area contributed by atoms with Crippen molar-refractivity contribution in [3.63, 3.8) is 0 Å². The van der Waals surface area contributed by atoms with E-state index in [0.717, 1.165) is 43.4 Å². The summed E-state index contributed by atoms with van der Waals surface area (Å²) < 4.78 is 10.4. The Kier molecular flexibility index (Phi) is 4.34. The molecule has 0 radical (unpaired) electrons. The van der Waals surface area contributed by atoms with E-state index >= 15 is 0 Å². The van der Waals surface area contributed by atoms with Crippen molar-refractivity contribution in [2.45, 2.75) is 51.6 Å². The Labute approximate surface area is 107 Å². The molecule has 0 atom stereocenters. The lowest BCUT2D eigenvalue weighted by Gasteiger charge is -2.25. The van der Waals surface area contributed by atoms with Crippen LogP contribution in [0, 0.1) is 0 Å². The number of rotatable bonds is 6. The van der Waals surface area contributed by atoms with E-state index in [1.807, 2.05) is 6.92 Å². The van der Waals surface area contributed by atoms with E-state index in [-0.39, 0.29) is 5.60 Å². The first kappa shape index (κ1) is 12.8. The highest BCUT2D eigenvalue weighted by Gasteiger charge is 2.40. The van der Waals surface area contributed by atoms with Crippen LogP contribution in [-0.4, -0.2) is 22.5 Å². The summed E-state index contributed by atoms with van der Waals surface area (Å²) >= 11 is 1.45. The normalized spacial score (nSPS) is 18.5. The van der Waals surface area contributed by atoms with Gasteiger partial charge in [0.25, 0.3) is 0 Å². The number of nitrogens with zero attached hydrogens (tertiary/aromatic N) is 2. The predicted octanol–water partition coefficient (Wildman–Crippen LogP) is 3.17. The summed E-state index contributed by atoms with van der Waals surface area (Å²) in [6, 6.07) is 0. The predicted molar refractivity (Wildman–Crippen MR) is 70.5 cm³/mol. The van der Waals surface area contributed by atoms with Gasteiger partial charge in [-0.25, -0.2) is 4.98 Å². The summed E-state index contributed by atoms with van der Waals surface area (Å²) in [6.07, 6.45) is 5.66. The van der Waals surface area contributed by atoms with Crippen molar-refractivity contribution < 1.29 is 4.74 Å². The van der Waals surface area contributed by atoms with E-state index in [9.17, 15) is 0 Å². The molecule has 4 nitrogen and oxygen atoms in total. The van der Waals surface area contributed by atoms with Crippen LogP contribution in [-0.2, 0) is 10.3 Å². The van der Waals surface area contributed by atoms with Crippen molar-refractivity contribution in [1.82, 2.24) is 9.36 Å². The van der Waals surface area contributed by atoms with Crippen LogP contribution >= 0.6 is 11.5 Å². The highest BCUT2D eigenvalue weighted by Crippen LogP contribution is 2.41. The van der Waals surface area contributed by atoms with Gasteiger partial charge in [0.05, 0.1) is 0 Å². The molecule has 17 heavy (non-hydrogen) atoms. The van der Waals surface area contributed by atoms with Gasteiger partial charge in [-0.15, -0.1) is 0 Å². The molecule has 0 aromatic carbocycles. The number of ether oxygens (including phenoxy) is 1. The Hall–Kier alpha value is -0.680. The molecule has 5 heteroatoms. The van der Waals surface area contributed by atoms with Crippen molar-refractivity contribution in [3.8, 4) is 0 Å². The van der Waals surface area contributed by atoms with Crippen LogP contribution in [0.1, 0.15) is 51.8 Å². The van der Waals surface area contributed by atoms with Crippen LogP contribution in [0.15, 0.2) is 0 Å². The molecule has 1 fully saturated rings. The smallest absolute Gasteiger partial charge is 0.202 e. The van der Waals surface area contributed by atoms with E-state index in [1.165, 1.54) is 24.4 Å². The van der Waals surface area contributed by atoms with Crippen molar-refractivity contribution in [2.24, 2.45) is 0 Å². The summed E-state index contributed by atoms with van der Waals surface area (Å²) in [7, 11) is 0. The van der Waals surface area contributed by atoms with Gasteiger partial charge in [-0.05, 0) is 39.0 Å². The molecule has 1 heterocycles. The van der Waals surface area contributed by atoms with Gasteiger partial charge in [0, 0.05) is 24.7 Å². The molecular formula is C12H21N3OS. The molecule has 1 aromatic heterocycles. The Morgan fingerprint density at radius 3 is 2.76 bits per heavy atom. The lowest BCUT2D eigenvalue weighted by atomic mass is 10.0. The molecule has 96 valence electrons. The summed E-state index contributed by atoms with van der Waals surface area (Å²) in [5.74, 6) is 0.889. The van der Waals surface area contributed by atoms with E-state index in [1.54, 1.807) is 0 Å². The first-order valence-electron chi connectivity index (χ1n) is 6.53. The molecule has 1 saturated carbocycles. The second-order valence-electron chi connectivity index (χ2n) is 4.48. The van der Waals surface area contributed by atoms with E-state index < -0.39 is 0 Å². The van der Waals surface area contributed by atoms with E-state index in [4.69, 9.17) is 4.74 Å². The quantitative estimate of drug-likeness (QED) is 0.848. The molecule has 1 aromatic rings. The molecule has 0 bridgehead atoms. The third-order valence-electron chi connectivity index (χ3n) is 3.19. The fourth-order valence-corrected chi connectivity index (χ4v) is 3.04. The maximum atomic E-state index is 5.95. The van der Waals surface area contributed by atoms with Crippen LogP contribution in [0.4, 0.5) is 5.13 Å². The molecule has 2 rings (SSSR count). The summed E-state index contributed by atoms with van der Waals surface area (Å²) in [5.41, 5.74) is -0.197. The van der Waals surface area contributed by atoms with Gasteiger partial charge >= 0.3 is 0 Å². The number of nitrogens with one attached hydrogen (secondary N) is 1. The van der Waals surface area contributed by atoms with E-state index in [0.29, 0.717) is 0 Å². The number of hydrogen-bond acceptors (Lipinski definition) is 5. The van der Waals surface area contributed by atoms with Crippen molar-refractivity contribution in [3.05, 3.63) is 5.82 Å². The maximum absolute atomic E-state index is 5.95. The third-order valence-corrected chi connectivity index (χ3v) is 3.86. The van der Waals surface area contributed by atoms with Crippen LogP contribution < -0.4 is 5.32 Å².